The fourth-order valence-corrected chi connectivity index (χ4v) is 4.97. The van der Waals surface area contributed by atoms with Gasteiger partial charge in [0.1, 0.15) is 21.6 Å². The van der Waals surface area contributed by atoms with Crippen LogP contribution in [0.15, 0.2) is 48.0 Å². The monoisotopic (exact) mass is 703 g/mol. The topological polar surface area (TPSA) is 63.3 Å². The van der Waals surface area contributed by atoms with Gasteiger partial charge in [-0.25, -0.2) is 0 Å². The van der Waals surface area contributed by atoms with E-state index in [1.807, 2.05) is 36.4 Å². The van der Waals surface area contributed by atoms with E-state index in [1.54, 1.807) is 0 Å². The Kier molecular flexibility index (Phi) is 10.2. The van der Waals surface area contributed by atoms with Crippen molar-refractivity contribution < 1.29 is 19.0 Å². The number of para-hydroxylation sites is 1. The van der Waals surface area contributed by atoms with E-state index in [0.717, 1.165) is 68.4 Å². The first-order chi connectivity index (χ1) is 17.2. The Balaban J connectivity index is 1.15. The van der Waals surface area contributed by atoms with Crippen LogP contribution in [0.5, 0.6) is 17.2 Å². The summed E-state index contributed by atoms with van der Waals surface area (Å²) in [6, 6.07) is 14.0. The van der Waals surface area contributed by atoms with E-state index in [2.05, 4.69) is 72.4 Å². The molecule has 1 N–H and O–H groups in total. The van der Waals surface area contributed by atoms with Crippen LogP contribution in [0, 0.1) is 0 Å². The lowest BCUT2D eigenvalue weighted by Gasteiger charge is -2.36. The van der Waals surface area contributed by atoms with Gasteiger partial charge in [-0.3, -0.25) is 9.69 Å². The molecule has 0 aromatic heterocycles. The van der Waals surface area contributed by atoms with Crippen molar-refractivity contribution in [3.05, 3.63) is 53.6 Å². The van der Waals surface area contributed by atoms with Crippen LogP contribution >= 0.6 is 45.2 Å². The number of rotatable bonds is 11. The van der Waals surface area contributed by atoms with Crippen LogP contribution in [0.2, 0.25) is 0 Å². The molecule has 9 heteroatoms. The number of unbranched alkanes of at least 4 members (excludes halogenated alkanes) is 1. The highest BCUT2D eigenvalue weighted by atomic mass is 127. The fourth-order valence-electron chi connectivity index (χ4n) is 4.30. The number of nitrogens with zero attached hydrogens (tertiary/aromatic N) is 2. The van der Waals surface area contributed by atoms with Crippen LogP contribution in [0.4, 0.5) is 5.69 Å². The van der Waals surface area contributed by atoms with Crippen LogP contribution in [0.25, 0.3) is 6.08 Å². The van der Waals surface area contributed by atoms with Crippen molar-refractivity contribution in [2.45, 2.75) is 12.8 Å². The predicted molar refractivity (Wildman–Crippen MR) is 156 cm³/mol. The van der Waals surface area contributed by atoms with Crippen LogP contribution in [0.3, 0.4) is 0 Å². The van der Waals surface area contributed by atoms with E-state index in [9.17, 15) is 4.79 Å². The summed E-state index contributed by atoms with van der Waals surface area (Å²) in [5, 5.41) is 3.04. The molecular formula is C26H31I2N3O4. The zero-order chi connectivity index (χ0) is 24.5. The van der Waals surface area contributed by atoms with Crippen molar-refractivity contribution >= 4 is 62.9 Å². The molecule has 0 aliphatic carbocycles. The lowest BCUT2D eigenvalue weighted by molar-refractivity contribution is -0.117. The van der Waals surface area contributed by atoms with Crippen molar-refractivity contribution in [1.82, 2.24) is 10.2 Å². The molecule has 2 aliphatic rings. The summed E-state index contributed by atoms with van der Waals surface area (Å²) in [6.07, 6.45) is 3.95. The fraction of sp³-hybridized carbons (Fsp3) is 0.423. The third-order valence-electron chi connectivity index (χ3n) is 6.20. The standard InChI is InChI=1S/C26H31I2N3O4/c27-18-34-24-8-7-22(16-25(24)35-19-28)31-13-11-30(12-14-31)10-4-3-9-29-26(32)21-15-20-5-1-2-6-23(20)33-17-21/h1-2,5-8,15-16H,3-4,9-14,17-19H2,(H,29,32). The maximum absolute atomic E-state index is 12.5. The summed E-state index contributed by atoms with van der Waals surface area (Å²) in [5.74, 6) is 2.40. The molecule has 1 fully saturated rings. The molecule has 2 heterocycles. The molecule has 1 saturated heterocycles. The van der Waals surface area contributed by atoms with Gasteiger partial charge in [-0.2, -0.15) is 0 Å². The minimum atomic E-state index is -0.0334. The average molecular weight is 703 g/mol. The minimum absolute atomic E-state index is 0.0334. The van der Waals surface area contributed by atoms with Crippen LogP contribution in [0.1, 0.15) is 18.4 Å². The van der Waals surface area contributed by atoms with Crippen molar-refractivity contribution in [3.8, 4) is 17.2 Å². The Hall–Kier alpha value is -1.73. The zero-order valence-electron chi connectivity index (χ0n) is 19.7. The highest BCUT2D eigenvalue weighted by Gasteiger charge is 2.19. The van der Waals surface area contributed by atoms with Crippen molar-refractivity contribution in [2.75, 3.05) is 60.0 Å². The van der Waals surface area contributed by atoms with Gasteiger partial charge in [0.2, 0.25) is 0 Å². The van der Waals surface area contributed by atoms with E-state index >= 15 is 0 Å². The molecule has 1 amide bonds. The second-order valence-electron chi connectivity index (χ2n) is 8.43. The maximum atomic E-state index is 12.5. The molecule has 0 spiro atoms. The third-order valence-corrected chi connectivity index (χ3v) is 6.82. The minimum Gasteiger partial charge on any atom is -0.488 e. The SMILES string of the molecule is O=C(NCCCCN1CCN(c2ccc(OCI)c(OCI)c2)CC1)C1=Cc2ccccc2OC1. The molecule has 0 radical (unpaired) electrons. The number of ether oxygens (including phenoxy) is 3. The largest absolute Gasteiger partial charge is 0.488 e. The first-order valence-corrected chi connectivity index (χ1v) is 14.9. The lowest BCUT2D eigenvalue weighted by Crippen LogP contribution is -2.46. The van der Waals surface area contributed by atoms with E-state index in [4.69, 9.17) is 14.2 Å². The summed E-state index contributed by atoms with van der Waals surface area (Å²) in [6.45, 7) is 6.10. The molecule has 0 bridgehead atoms. The first kappa shape index (κ1) is 26.3. The second-order valence-corrected chi connectivity index (χ2v) is 9.67. The zero-order valence-corrected chi connectivity index (χ0v) is 24.0. The van der Waals surface area contributed by atoms with Crippen molar-refractivity contribution in [2.24, 2.45) is 0 Å². The Morgan fingerprint density at radius 1 is 0.971 bits per heavy atom. The second kappa shape index (κ2) is 13.5. The number of halogens is 2. The van der Waals surface area contributed by atoms with Crippen LogP contribution in [-0.4, -0.2) is 65.9 Å². The lowest BCUT2D eigenvalue weighted by atomic mass is 10.1. The molecule has 0 unspecified atom stereocenters. The number of alkyl halides is 2. The molecule has 188 valence electrons. The number of hydrogen-bond acceptors (Lipinski definition) is 6. The van der Waals surface area contributed by atoms with E-state index in [-0.39, 0.29) is 5.91 Å². The molecule has 35 heavy (non-hydrogen) atoms. The molecule has 7 nitrogen and oxygen atoms in total. The Morgan fingerprint density at radius 3 is 2.54 bits per heavy atom. The molecule has 2 aromatic carbocycles. The number of anilines is 1. The highest BCUT2D eigenvalue weighted by Crippen LogP contribution is 2.33. The number of carbonyl (C=O) groups is 1. The summed E-state index contributed by atoms with van der Waals surface area (Å²) >= 11 is 4.40. The Bertz CT molecular complexity index is 1030. The van der Waals surface area contributed by atoms with Gasteiger partial charge < -0.3 is 24.4 Å². The summed E-state index contributed by atoms with van der Waals surface area (Å²) < 4.78 is 18.3. The summed E-state index contributed by atoms with van der Waals surface area (Å²) in [7, 11) is 0. The number of fused-ring (bicyclic) bond motifs is 1. The molecule has 2 aromatic rings. The molecule has 0 atom stereocenters. The predicted octanol–water partition coefficient (Wildman–Crippen LogP) is 4.72. The van der Waals surface area contributed by atoms with Gasteiger partial charge in [-0.05, 0) is 88.8 Å². The van der Waals surface area contributed by atoms with E-state index in [1.165, 1.54) is 5.69 Å². The van der Waals surface area contributed by atoms with E-state index in [0.29, 0.717) is 28.0 Å². The van der Waals surface area contributed by atoms with Gasteiger partial charge in [0.25, 0.3) is 5.91 Å². The van der Waals surface area contributed by atoms with Crippen LogP contribution in [-0.2, 0) is 4.79 Å². The number of hydrogen-bond donors (Lipinski definition) is 1. The van der Waals surface area contributed by atoms with Crippen molar-refractivity contribution in [1.29, 1.82) is 0 Å². The van der Waals surface area contributed by atoms with Gasteiger partial charge in [-0.15, -0.1) is 0 Å². The normalized spacial score (nSPS) is 15.6. The Morgan fingerprint density at radius 2 is 1.74 bits per heavy atom. The van der Waals surface area contributed by atoms with Gasteiger partial charge in [0.05, 0.1) is 5.57 Å². The molecule has 0 saturated carbocycles. The van der Waals surface area contributed by atoms with Gasteiger partial charge in [0.15, 0.2) is 11.5 Å². The summed E-state index contributed by atoms with van der Waals surface area (Å²) in [5.41, 5.74) is 2.82. The first-order valence-electron chi connectivity index (χ1n) is 11.9. The average Bonchev–Trinajstić information content (AvgIpc) is 2.90. The number of piperazine rings is 1. The highest BCUT2D eigenvalue weighted by molar-refractivity contribution is 14.1. The summed E-state index contributed by atoms with van der Waals surface area (Å²) in [4.78, 5) is 17.4. The smallest absolute Gasteiger partial charge is 0.250 e. The molecule has 2 aliphatic heterocycles. The number of nitrogens with one attached hydrogen (secondary N) is 1. The maximum Gasteiger partial charge on any atom is 0.250 e. The Labute approximate surface area is 234 Å². The molecule has 4 rings (SSSR count). The third kappa shape index (κ3) is 7.39. The van der Waals surface area contributed by atoms with Crippen molar-refractivity contribution in [3.63, 3.8) is 0 Å². The number of amides is 1. The van der Waals surface area contributed by atoms with Gasteiger partial charge >= 0.3 is 0 Å². The van der Waals surface area contributed by atoms with Crippen LogP contribution < -0.4 is 24.4 Å². The quantitative estimate of drug-likeness (QED) is 0.208. The number of carbonyl (C=O) groups excluding carboxylic acids is 1. The molecular weight excluding hydrogens is 672 g/mol. The van der Waals surface area contributed by atoms with E-state index < -0.39 is 0 Å². The number of benzene rings is 2. The van der Waals surface area contributed by atoms with Gasteiger partial charge in [-0.1, -0.05) is 18.2 Å². The van der Waals surface area contributed by atoms with Gasteiger partial charge in [0, 0.05) is 50.0 Å².